The molecule has 0 aliphatic heterocycles. The fourth-order valence-electron chi connectivity index (χ4n) is 2.92. The fourth-order valence-corrected chi connectivity index (χ4v) is 4.70. The van der Waals surface area contributed by atoms with Gasteiger partial charge in [0.05, 0.1) is 15.5 Å². The number of hydrogen-bond acceptors (Lipinski definition) is 4. The highest BCUT2D eigenvalue weighted by Crippen LogP contribution is 2.44. The third-order valence-electron chi connectivity index (χ3n) is 4.42. The molecule has 0 amide bonds. The standard InChI is InChI=1S/C18H14ClN3O2S/c1-11-2-6-14(7-3-11)25(23,24)22-16(12-4-5-12)8-15-17(19)13(9-20)10-21-18(15)22/h2-3,6-8,10,12H,4-5H2,1H3. The molecule has 1 aromatic carbocycles. The summed E-state index contributed by atoms with van der Waals surface area (Å²) in [6.07, 6.45) is 3.19. The molecule has 3 aromatic rings. The van der Waals surface area contributed by atoms with Crippen LogP contribution in [-0.2, 0) is 10.0 Å². The minimum Gasteiger partial charge on any atom is -0.236 e. The average Bonchev–Trinajstić information content (AvgIpc) is 3.35. The van der Waals surface area contributed by atoms with Crippen molar-refractivity contribution in [2.75, 3.05) is 0 Å². The Morgan fingerprint density at radius 2 is 1.96 bits per heavy atom. The van der Waals surface area contributed by atoms with Crippen molar-refractivity contribution >= 4 is 32.7 Å². The monoisotopic (exact) mass is 371 g/mol. The van der Waals surface area contributed by atoms with Crippen molar-refractivity contribution in [1.29, 1.82) is 5.26 Å². The topological polar surface area (TPSA) is 75.8 Å². The molecule has 1 saturated carbocycles. The first-order valence-electron chi connectivity index (χ1n) is 7.85. The molecular weight excluding hydrogens is 358 g/mol. The Balaban J connectivity index is 2.03. The zero-order chi connectivity index (χ0) is 17.8. The van der Waals surface area contributed by atoms with Crippen molar-refractivity contribution in [3.8, 4) is 6.07 Å². The van der Waals surface area contributed by atoms with Crippen LogP contribution >= 0.6 is 11.6 Å². The van der Waals surface area contributed by atoms with Gasteiger partial charge in [-0.2, -0.15) is 5.26 Å². The highest BCUT2D eigenvalue weighted by molar-refractivity contribution is 7.90. The van der Waals surface area contributed by atoms with Gasteiger partial charge in [-0.3, -0.25) is 0 Å². The molecule has 1 aliphatic rings. The number of benzene rings is 1. The van der Waals surface area contributed by atoms with Crippen LogP contribution in [-0.4, -0.2) is 17.4 Å². The molecular formula is C18H14ClN3O2S. The molecule has 5 nitrogen and oxygen atoms in total. The molecule has 0 N–H and O–H groups in total. The second-order valence-corrected chi connectivity index (χ2v) is 8.43. The van der Waals surface area contributed by atoms with Crippen molar-refractivity contribution in [3.05, 3.63) is 58.4 Å². The molecule has 7 heteroatoms. The first kappa shape index (κ1) is 16.1. The van der Waals surface area contributed by atoms with E-state index in [0.717, 1.165) is 18.4 Å². The predicted octanol–water partition coefficient (Wildman–Crippen LogP) is 3.98. The van der Waals surface area contributed by atoms with E-state index in [0.29, 0.717) is 11.1 Å². The van der Waals surface area contributed by atoms with Crippen LogP contribution in [0.5, 0.6) is 0 Å². The predicted molar refractivity (Wildman–Crippen MR) is 95.2 cm³/mol. The van der Waals surface area contributed by atoms with Crippen LogP contribution in [0.1, 0.15) is 35.6 Å². The first-order valence-corrected chi connectivity index (χ1v) is 9.67. The number of halogens is 1. The molecule has 4 rings (SSSR count). The highest BCUT2D eigenvalue weighted by Gasteiger charge is 2.34. The van der Waals surface area contributed by atoms with E-state index in [1.807, 2.05) is 13.0 Å². The maximum atomic E-state index is 13.3. The molecule has 126 valence electrons. The Morgan fingerprint density at radius 3 is 2.56 bits per heavy atom. The van der Waals surface area contributed by atoms with Gasteiger partial charge in [-0.1, -0.05) is 29.3 Å². The number of pyridine rings is 1. The molecule has 2 heterocycles. The quantitative estimate of drug-likeness (QED) is 0.697. The Kier molecular flexibility index (Phi) is 3.60. The van der Waals surface area contributed by atoms with E-state index < -0.39 is 10.0 Å². The molecule has 0 atom stereocenters. The number of nitriles is 1. The first-order chi connectivity index (χ1) is 11.9. The SMILES string of the molecule is Cc1ccc(S(=O)(=O)n2c(C3CC3)cc3c(Cl)c(C#N)cnc32)cc1. The van der Waals surface area contributed by atoms with Gasteiger partial charge < -0.3 is 0 Å². The zero-order valence-corrected chi connectivity index (χ0v) is 15.0. The summed E-state index contributed by atoms with van der Waals surface area (Å²) in [7, 11) is -3.80. The number of hydrogen-bond donors (Lipinski definition) is 0. The second kappa shape index (κ2) is 5.58. The second-order valence-electron chi connectivity index (χ2n) is 6.26. The number of nitrogens with zero attached hydrogens (tertiary/aromatic N) is 3. The Bertz CT molecular complexity index is 1140. The molecule has 0 bridgehead atoms. The van der Waals surface area contributed by atoms with Crippen LogP contribution in [0.2, 0.25) is 5.02 Å². The Morgan fingerprint density at radius 1 is 1.28 bits per heavy atom. The summed E-state index contributed by atoms with van der Waals surface area (Å²) in [6.45, 7) is 1.90. The lowest BCUT2D eigenvalue weighted by Gasteiger charge is -2.11. The van der Waals surface area contributed by atoms with Crippen LogP contribution in [0.25, 0.3) is 11.0 Å². The lowest BCUT2D eigenvalue weighted by atomic mass is 10.2. The number of fused-ring (bicyclic) bond motifs is 1. The number of aryl methyl sites for hydroxylation is 1. The molecule has 0 radical (unpaired) electrons. The van der Waals surface area contributed by atoms with E-state index in [-0.39, 0.29) is 27.0 Å². The fraction of sp³-hybridized carbons (Fsp3) is 0.222. The maximum Gasteiger partial charge on any atom is 0.269 e. The highest BCUT2D eigenvalue weighted by atomic mass is 35.5. The van der Waals surface area contributed by atoms with Crippen LogP contribution in [0, 0.1) is 18.3 Å². The summed E-state index contributed by atoms with van der Waals surface area (Å²) in [6, 6.07) is 10.5. The number of rotatable bonds is 3. The van der Waals surface area contributed by atoms with E-state index >= 15 is 0 Å². The van der Waals surface area contributed by atoms with Crippen molar-refractivity contribution in [1.82, 2.24) is 8.96 Å². The summed E-state index contributed by atoms with van der Waals surface area (Å²) >= 11 is 6.30. The van der Waals surface area contributed by atoms with Crippen molar-refractivity contribution in [2.24, 2.45) is 0 Å². The molecule has 0 unspecified atom stereocenters. The summed E-state index contributed by atoms with van der Waals surface area (Å²) < 4.78 is 27.8. The zero-order valence-electron chi connectivity index (χ0n) is 13.4. The maximum absolute atomic E-state index is 13.3. The van der Waals surface area contributed by atoms with Gasteiger partial charge in [0, 0.05) is 23.2 Å². The minimum atomic E-state index is -3.80. The van der Waals surface area contributed by atoms with E-state index in [9.17, 15) is 8.42 Å². The van der Waals surface area contributed by atoms with Crippen molar-refractivity contribution in [3.63, 3.8) is 0 Å². The molecule has 25 heavy (non-hydrogen) atoms. The smallest absolute Gasteiger partial charge is 0.236 e. The molecule has 1 aliphatic carbocycles. The van der Waals surface area contributed by atoms with Gasteiger partial charge in [0.2, 0.25) is 0 Å². The van der Waals surface area contributed by atoms with Crippen LogP contribution in [0.15, 0.2) is 41.4 Å². The third kappa shape index (κ3) is 2.51. The van der Waals surface area contributed by atoms with E-state index in [1.165, 1.54) is 10.2 Å². The summed E-state index contributed by atoms with van der Waals surface area (Å²) in [5, 5.41) is 9.88. The molecule has 0 saturated heterocycles. The van der Waals surface area contributed by atoms with Gasteiger partial charge >= 0.3 is 0 Å². The van der Waals surface area contributed by atoms with E-state index in [1.54, 1.807) is 30.3 Å². The van der Waals surface area contributed by atoms with Crippen molar-refractivity contribution in [2.45, 2.75) is 30.6 Å². The van der Waals surface area contributed by atoms with Gasteiger partial charge in [-0.15, -0.1) is 0 Å². The van der Waals surface area contributed by atoms with Gasteiger partial charge in [0.15, 0.2) is 5.65 Å². The lowest BCUT2D eigenvalue weighted by Crippen LogP contribution is -2.16. The number of aromatic nitrogens is 2. The lowest BCUT2D eigenvalue weighted by molar-refractivity contribution is 0.586. The van der Waals surface area contributed by atoms with Crippen LogP contribution in [0.3, 0.4) is 0 Å². The summed E-state index contributed by atoms with van der Waals surface area (Å²) in [5.74, 6) is 0.177. The van der Waals surface area contributed by atoms with Gasteiger partial charge in [-0.25, -0.2) is 17.4 Å². The molecule has 1 fully saturated rings. The normalized spacial score (nSPS) is 14.6. The Hall–Kier alpha value is -2.36. The van der Waals surface area contributed by atoms with Crippen LogP contribution < -0.4 is 0 Å². The van der Waals surface area contributed by atoms with E-state index in [4.69, 9.17) is 16.9 Å². The van der Waals surface area contributed by atoms with Crippen molar-refractivity contribution < 1.29 is 8.42 Å². The van der Waals surface area contributed by atoms with Crippen LogP contribution in [0.4, 0.5) is 0 Å². The van der Waals surface area contributed by atoms with Gasteiger partial charge in [0.1, 0.15) is 6.07 Å². The summed E-state index contributed by atoms with van der Waals surface area (Å²) in [5.41, 5.74) is 2.17. The minimum absolute atomic E-state index is 0.177. The molecule has 0 spiro atoms. The van der Waals surface area contributed by atoms with Gasteiger partial charge in [0.25, 0.3) is 10.0 Å². The van der Waals surface area contributed by atoms with E-state index in [2.05, 4.69) is 4.98 Å². The Labute approximate surface area is 150 Å². The molecule has 2 aromatic heterocycles. The summed E-state index contributed by atoms with van der Waals surface area (Å²) in [4.78, 5) is 4.44. The average molecular weight is 372 g/mol. The van der Waals surface area contributed by atoms with Gasteiger partial charge in [-0.05, 0) is 38.0 Å². The largest absolute Gasteiger partial charge is 0.269 e. The third-order valence-corrected chi connectivity index (χ3v) is 6.56.